The molecular weight excluding hydrogens is 294 g/mol. The first-order chi connectivity index (χ1) is 10.9. The standard InChI is InChI=1S/C17H27N3O3/c1-10-4-6-17(22,7-5-10)9-18-16(21)15-13-8-11(2)23-12(3)14(13)19-20-15/h10-12,22H,4-9H2,1-3H3,(H,18,21)(H,19,20)/t10?,11-,12+,17?/m0/s1. The van der Waals surface area contributed by atoms with Crippen molar-refractivity contribution in [1.29, 1.82) is 0 Å². The van der Waals surface area contributed by atoms with Crippen molar-refractivity contribution in [2.75, 3.05) is 6.54 Å². The number of H-pyrrole nitrogens is 1. The Kier molecular flexibility index (Phi) is 4.47. The van der Waals surface area contributed by atoms with Crippen molar-refractivity contribution in [2.45, 2.75) is 70.7 Å². The number of aliphatic hydroxyl groups is 1. The number of hydrogen-bond acceptors (Lipinski definition) is 4. The lowest BCUT2D eigenvalue weighted by atomic mass is 9.79. The third-order valence-electron chi connectivity index (χ3n) is 5.23. The average molecular weight is 321 g/mol. The van der Waals surface area contributed by atoms with E-state index in [1.165, 1.54) is 0 Å². The molecule has 1 saturated carbocycles. The number of carbonyl (C=O) groups excluding carboxylic acids is 1. The van der Waals surface area contributed by atoms with Gasteiger partial charge in [0.2, 0.25) is 0 Å². The first-order valence-electron chi connectivity index (χ1n) is 8.61. The largest absolute Gasteiger partial charge is 0.388 e. The summed E-state index contributed by atoms with van der Waals surface area (Å²) in [5.74, 6) is 0.447. The second-order valence-corrected chi connectivity index (χ2v) is 7.35. The van der Waals surface area contributed by atoms with Crippen molar-refractivity contribution >= 4 is 5.91 Å². The summed E-state index contributed by atoms with van der Waals surface area (Å²) >= 11 is 0. The van der Waals surface area contributed by atoms with Gasteiger partial charge in [-0.15, -0.1) is 0 Å². The second-order valence-electron chi connectivity index (χ2n) is 7.35. The van der Waals surface area contributed by atoms with Crippen LogP contribution in [0.4, 0.5) is 0 Å². The van der Waals surface area contributed by atoms with Gasteiger partial charge in [-0.25, -0.2) is 0 Å². The maximum absolute atomic E-state index is 12.5. The first-order valence-corrected chi connectivity index (χ1v) is 8.61. The van der Waals surface area contributed by atoms with Gasteiger partial charge in [-0.2, -0.15) is 5.10 Å². The summed E-state index contributed by atoms with van der Waals surface area (Å²) in [7, 11) is 0. The van der Waals surface area contributed by atoms with E-state index in [0.717, 1.165) is 36.9 Å². The smallest absolute Gasteiger partial charge is 0.272 e. The van der Waals surface area contributed by atoms with E-state index in [0.29, 0.717) is 24.6 Å². The fraction of sp³-hybridized carbons (Fsp3) is 0.765. The van der Waals surface area contributed by atoms with E-state index in [1.807, 2.05) is 13.8 Å². The Labute approximate surface area is 137 Å². The SMILES string of the molecule is CC1CCC(O)(CNC(=O)c2n[nH]c3c2C[C@H](C)O[C@@H]3C)CC1. The maximum atomic E-state index is 12.5. The number of carbonyl (C=O) groups is 1. The van der Waals surface area contributed by atoms with Gasteiger partial charge < -0.3 is 15.2 Å². The first kappa shape index (κ1) is 16.5. The molecule has 3 rings (SSSR count). The van der Waals surface area contributed by atoms with Crippen LogP contribution in [-0.4, -0.2) is 39.5 Å². The lowest BCUT2D eigenvalue weighted by Crippen LogP contribution is -2.45. The molecule has 0 aromatic carbocycles. The summed E-state index contributed by atoms with van der Waals surface area (Å²) in [6, 6.07) is 0. The fourth-order valence-electron chi connectivity index (χ4n) is 3.67. The molecule has 6 heteroatoms. The quantitative estimate of drug-likeness (QED) is 0.795. The Bertz CT molecular complexity index is 576. The molecule has 1 aromatic rings. The summed E-state index contributed by atoms with van der Waals surface area (Å²) < 4.78 is 5.74. The van der Waals surface area contributed by atoms with Crippen molar-refractivity contribution in [3.8, 4) is 0 Å². The van der Waals surface area contributed by atoms with Crippen LogP contribution in [0, 0.1) is 5.92 Å². The molecule has 3 N–H and O–H groups in total. The predicted molar refractivity (Wildman–Crippen MR) is 86.2 cm³/mol. The molecule has 23 heavy (non-hydrogen) atoms. The highest BCUT2D eigenvalue weighted by atomic mass is 16.5. The van der Waals surface area contributed by atoms with Gasteiger partial charge in [0, 0.05) is 18.5 Å². The second kappa shape index (κ2) is 6.24. The zero-order valence-electron chi connectivity index (χ0n) is 14.2. The number of rotatable bonds is 3. The normalized spacial score (nSPS) is 34.0. The van der Waals surface area contributed by atoms with E-state index >= 15 is 0 Å². The molecule has 0 unspecified atom stereocenters. The van der Waals surface area contributed by atoms with Crippen LogP contribution in [0.3, 0.4) is 0 Å². The Hall–Kier alpha value is -1.40. The lowest BCUT2D eigenvalue weighted by molar-refractivity contribution is -0.00760. The van der Waals surface area contributed by atoms with E-state index in [4.69, 9.17) is 4.74 Å². The number of ether oxygens (including phenoxy) is 1. The lowest BCUT2D eigenvalue weighted by Gasteiger charge is -2.34. The van der Waals surface area contributed by atoms with Crippen molar-refractivity contribution in [2.24, 2.45) is 5.92 Å². The van der Waals surface area contributed by atoms with Crippen LogP contribution in [-0.2, 0) is 11.2 Å². The topological polar surface area (TPSA) is 87.2 Å². The van der Waals surface area contributed by atoms with Crippen LogP contribution in [0.2, 0.25) is 0 Å². The summed E-state index contributed by atoms with van der Waals surface area (Å²) in [4.78, 5) is 12.5. The molecule has 1 aromatic heterocycles. The molecule has 1 fully saturated rings. The van der Waals surface area contributed by atoms with Crippen LogP contribution in [0.15, 0.2) is 0 Å². The number of amides is 1. The molecule has 2 atom stereocenters. The molecule has 1 aliphatic carbocycles. The molecule has 0 saturated heterocycles. The van der Waals surface area contributed by atoms with Gasteiger partial charge in [-0.05, 0) is 45.4 Å². The van der Waals surface area contributed by atoms with Gasteiger partial charge in [0.1, 0.15) is 0 Å². The molecule has 0 bridgehead atoms. The molecule has 128 valence electrons. The molecular formula is C17H27N3O3. The predicted octanol–water partition coefficient (Wildman–Crippen LogP) is 2.10. The van der Waals surface area contributed by atoms with Gasteiger partial charge in [-0.1, -0.05) is 6.92 Å². The van der Waals surface area contributed by atoms with Crippen LogP contribution >= 0.6 is 0 Å². The number of nitrogens with one attached hydrogen (secondary N) is 2. The van der Waals surface area contributed by atoms with E-state index in [-0.39, 0.29) is 18.1 Å². The maximum Gasteiger partial charge on any atom is 0.272 e. The van der Waals surface area contributed by atoms with E-state index in [1.54, 1.807) is 0 Å². The molecule has 2 heterocycles. The van der Waals surface area contributed by atoms with Crippen LogP contribution in [0.25, 0.3) is 0 Å². The van der Waals surface area contributed by atoms with Gasteiger partial charge in [0.15, 0.2) is 5.69 Å². The molecule has 0 spiro atoms. The molecule has 1 aliphatic heterocycles. The van der Waals surface area contributed by atoms with Gasteiger partial charge in [0.25, 0.3) is 5.91 Å². The summed E-state index contributed by atoms with van der Waals surface area (Å²) in [6.07, 6.45) is 4.19. The summed E-state index contributed by atoms with van der Waals surface area (Å²) in [5, 5.41) is 20.6. The van der Waals surface area contributed by atoms with E-state index in [2.05, 4.69) is 22.4 Å². The third-order valence-corrected chi connectivity index (χ3v) is 5.23. The minimum Gasteiger partial charge on any atom is -0.388 e. The van der Waals surface area contributed by atoms with Crippen LogP contribution in [0.1, 0.15) is 74.3 Å². The van der Waals surface area contributed by atoms with Gasteiger partial charge in [-0.3, -0.25) is 9.89 Å². The Morgan fingerprint density at radius 1 is 1.39 bits per heavy atom. The van der Waals surface area contributed by atoms with Crippen molar-refractivity contribution < 1.29 is 14.6 Å². The van der Waals surface area contributed by atoms with E-state index < -0.39 is 5.60 Å². The van der Waals surface area contributed by atoms with Crippen molar-refractivity contribution in [1.82, 2.24) is 15.5 Å². The van der Waals surface area contributed by atoms with Crippen LogP contribution < -0.4 is 5.32 Å². The highest BCUT2D eigenvalue weighted by Crippen LogP contribution is 2.32. The zero-order chi connectivity index (χ0) is 16.6. The number of hydrogen-bond donors (Lipinski definition) is 3. The number of fused-ring (bicyclic) bond motifs is 1. The zero-order valence-corrected chi connectivity index (χ0v) is 14.2. The van der Waals surface area contributed by atoms with Gasteiger partial charge in [0.05, 0.1) is 23.5 Å². The number of aromatic nitrogens is 2. The third kappa shape index (κ3) is 3.43. The average Bonchev–Trinajstić information content (AvgIpc) is 2.92. The van der Waals surface area contributed by atoms with Crippen LogP contribution in [0.5, 0.6) is 0 Å². The van der Waals surface area contributed by atoms with Crippen molar-refractivity contribution in [3.05, 3.63) is 17.0 Å². The minimum atomic E-state index is -0.776. The minimum absolute atomic E-state index is 0.0747. The number of nitrogens with zero attached hydrogens (tertiary/aromatic N) is 1. The van der Waals surface area contributed by atoms with Crippen molar-refractivity contribution in [3.63, 3.8) is 0 Å². The molecule has 2 aliphatic rings. The fourth-order valence-corrected chi connectivity index (χ4v) is 3.67. The molecule has 0 radical (unpaired) electrons. The summed E-state index contributed by atoms with van der Waals surface area (Å²) in [5.41, 5.74) is 1.49. The molecule has 6 nitrogen and oxygen atoms in total. The Morgan fingerprint density at radius 3 is 2.78 bits per heavy atom. The monoisotopic (exact) mass is 321 g/mol. The van der Waals surface area contributed by atoms with Gasteiger partial charge >= 0.3 is 0 Å². The highest BCUT2D eigenvalue weighted by molar-refractivity contribution is 5.94. The summed E-state index contributed by atoms with van der Waals surface area (Å²) in [6.45, 7) is 6.46. The highest BCUT2D eigenvalue weighted by Gasteiger charge is 2.34. The Morgan fingerprint density at radius 2 is 2.09 bits per heavy atom. The Balaban J connectivity index is 1.65. The molecule has 1 amide bonds. The number of aromatic amines is 1. The van der Waals surface area contributed by atoms with E-state index in [9.17, 15) is 9.90 Å².